The van der Waals surface area contributed by atoms with Gasteiger partial charge in [-0.05, 0) is 38.4 Å². The molecule has 1 aromatic heterocycles. The van der Waals surface area contributed by atoms with E-state index in [0.29, 0.717) is 12.2 Å². The number of likely N-dealkylation sites (N-methyl/N-ethyl adjacent to an activating group) is 1. The Bertz CT molecular complexity index is 711. The van der Waals surface area contributed by atoms with Crippen LogP contribution in [0.25, 0.3) is 0 Å². The normalized spacial score (nSPS) is 14.6. The van der Waals surface area contributed by atoms with Gasteiger partial charge in [-0.25, -0.2) is 0 Å². The highest BCUT2D eigenvalue weighted by molar-refractivity contribution is 5.93. The van der Waals surface area contributed by atoms with Crippen LogP contribution in [0.1, 0.15) is 10.5 Å². The van der Waals surface area contributed by atoms with Crippen LogP contribution in [0.3, 0.4) is 0 Å². The minimum Gasteiger partial charge on any atom is -0.368 e. The first-order valence-corrected chi connectivity index (χ1v) is 9.07. The van der Waals surface area contributed by atoms with E-state index in [1.54, 1.807) is 6.20 Å². The molecule has 1 saturated heterocycles. The molecule has 6 nitrogen and oxygen atoms in total. The Kier molecular flexibility index (Phi) is 6.07. The maximum atomic E-state index is 12.3. The van der Waals surface area contributed by atoms with Crippen LogP contribution >= 0.6 is 0 Å². The summed E-state index contributed by atoms with van der Waals surface area (Å²) in [4.78, 5) is 23.3. The molecule has 0 saturated carbocycles. The SMILES string of the molecule is CN(C)CCNC(=O)c1cc(N2CCN(c3ccccc3)CC2)ccn1. The van der Waals surface area contributed by atoms with E-state index in [1.807, 2.05) is 37.2 Å². The summed E-state index contributed by atoms with van der Waals surface area (Å²) in [5, 5.41) is 2.92. The Labute approximate surface area is 155 Å². The monoisotopic (exact) mass is 353 g/mol. The van der Waals surface area contributed by atoms with E-state index < -0.39 is 0 Å². The molecular formula is C20H27N5O. The van der Waals surface area contributed by atoms with Gasteiger partial charge in [0.2, 0.25) is 0 Å². The highest BCUT2D eigenvalue weighted by Gasteiger charge is 2.18. The maximum absolute atomic E-state index is 12.3. The number of anilines is 2. The van der Waals surface area contributed by atoms with Gasteiger partial charge < -0.3 is 20.0 Å². The number of pyridine rings is 1. The smallest absolute Gasteiger partial charge is 0.269 e. The second-order valence-electron chi connectivity index (χ2n) is 6.77. The molecule has 1 N–H and O–H groups in total. The Morgan fingerprint density at radius 2 is 1.69 bits per heavy atom. The molecular weight excluding hydrogens is 326 g/mol. The topological polar surface area (TPSA) is 51.7 Å². The van der Waals surface area contributed by atoms with Crippen molar-refractivity contribution in [1.82, 2.24) is 15.2 Å². The molecule has 26 heavy (non-hydrogen) atoms. The molecule has 0 unspecified atom stereocenters. The van der Waals surface area contributed by atoms with Gasteiger partial charge in [0.25, 0.3) is 5.91 Å². The molecule has 1 aliphatic rings. The van der Waals surface area contributed by atoms with Gasteiger partial charge >= 0.3 is 0 Å². The molecule has 0 spiro atoms. The maximum Gasteiger partial charge on any atom is 0.269 e. The van der Waals surface area contributed by atoms with Crippen molar-refractivity contribution in [3.05, 3.63) is 54.4 Å². The molecule has 2 aromatic rings. The summed E-state index contributed by atoms with van der Waals surface area (Å²) < 4.78 is 0. The summed E-state index contributed by atoms with van der Waals surface area (Å²) in [7, 11) is 3.97. The molecule has 1 aromatic carbocycles. The number of rotatable bonds is 6. The van der Waals surface area contributed by atoms with Crippen molar-refractivity contribution in [3.63, 3.8) is 0 Å². The fourth-order valence-corrected chi connectivity index (χ4v) is 3.09. The minimum absolute atomic E-state index is 0.114. The summed E-state index contributed by atoms with van der Waals surface area (Å²) in [5.74, 6) is -0.114. The second kappa shape index (κ2) is 8.67. The minimum atomic E-state index is -0.114. The quantitative estimate of drug-likeness (QED) is 0.857. The predicted molar refractivity (Wildman–Crippen MR) is 106 cm³/mol. The van der Waals surface area contributed by atoms with E-state index in [0.717, 1.165) is 38.4 Å². The zero-order chi connectivity index (χ0) is 18.4. The van der Waals surface area contributed by atoms with Gasteiger partial charge in [-0.2, -0.15) is 0 Å². The van der Waals surface area contributed by atoms with Crippen molar-refractivity contribution >= 4 is 17.3 Å². The molecule has 138 valence electrons. The average Bonchev–Trinajstić information content (AvgIpc) is 2.68. The Morgan fingerprint density at radius 1 is 1.04 bits per heavy atom. The first kappa shape index (κ1) is 18.2. The Morgan fingerprint density at radius 3 is 2.35 bits per heavy atom. The second-order valence-corrected chi connectivity index (χ2v) is 6.77. The zero-order valence-corrected chi connectivity index (χ0v) is 15.6. The number of hydrogen-bond acceptors (Lipinski definition) is 5. The summed E-state index contributed by atoms with van der Waals surface area (Å²) in [6.07, 6.45) is 1.72. The van der Waals surface area contributed by atoms with Crippen molar-refractivity contribution < 1.29 is 4.79 Å². The van der Waals surface area contributed by atoms with Crippen molar-refractivity contribution in [2.75, 3.05) is 63.2 Å². The van der Waals surface area contributed by atoms with Crippen LogP contribution in [0.4, 0.5) is 11.4 Å². The molecule has 0 radical (unpaired) electrons. The number of amides is 1. The number of benzene rings is 1. The third-order valence-electron chi connectivity index (χ3n) is 4.59. The summed E-state index contributed by atoms with van der Waals surface area (Å²) in [5.41, 5.74) is 2.81. The molecule has 3 rings (SSSR count). The lowest BCUT2D eigenvalue weighted by atomic mass is 10.2. The first-order chi connectivity index (χ1) is 12.6. The van der Waals surface area contributed by atoms with E-state index >= 15 is 0 Å². The zero-order valence-electron chi connectivity index (χ0n) is 15.6. The van der Waals surface area contributed by atoms with Gasteiger partial charge in [0.1, 0.15) is 5.69 Å². The molecule has 0 aliphatic carbocycles. The predicted octanol–water partition coefficient (Wildman–Crippen LogP) is 1.70. The lowest BCUT2D eigenvalue weighted by Crippen LogP contribution is -2.46. The number of hydrogen-bond donors (Lipinski definition) is 1. The number of aromatic nitrogens is 1. The highest BCUT2D eigenvalue weighted by Crippen LogP contribution is 2.20. The van der Waals surface area contributed by atoms with Gasteiger partial charge in [-0.15, -0.1) is 0 Å². The van der Waals surface area contributed by atoms with Crippen molar-refractivity contribution in [2.45, 2.75) is 0 Å². The van der Waals surface area contributed by atoms with E-state index in [9.17, 15) is 4.79 Å². The third-order valence-corrected chi connectivity index (χ3v) is 4.59. The Hall–Kier alpha value is -2.60. The number of carbonyl (C=O) groups excluding carboxylic acids is 1. The van der Waals surface area contributed by atoms with Gasteiger partial charge in [0.05, 0.1) is 0 Å². The molecule has 0 bridgehead atoms. The average molecular weight is 353 g/mol. The molecule has 0 atom stereocenters. The highest BCUT2D eigenvalue weighted by atomic mass is 16.1. The van der Waals surface area contributed by atoms with Crippen LogP contribution in [0.5, 0.6) is 0 Å². The number of nitrogens with one attached hydrogen (secondary N) is 1. The van der Waals surface area contributed by atoms with Crippen molar-refractivity contribution in [3.8, 4) is 0 Å². The number of nitrogens with zero attached hydrogens (tertiary/aromatic N) is 4. The van der Waals surface area contributed by atoms with Crippen molar-refractivity contribution in [1.29, 1.82) is 0 Å². The fourth-order valence-electron chi connectivity index (χ4n) is 3.09. The molecule has 1 aliphatic heterocycles. The van der Waals surface area contributed by atoms with Crippen LogP contribution in [-0.2, 0) is 0 Å². The lowest BCUT2D eigenvalue weighted by molar-refractivity contribution is 0.0946. The van der Waals surface area contributed by atoms with E-state index in [1.165, 1.54) is 5.69 Å². The van der Waals surface area contributed by atoms with Gasteiger partial charge in [0, 0.05) is 56.8 Å². The van der Waals surface area contributed by atoms with E-state index in [4.69, 9.17) is 0 Å². The van der Waals surface area contributed by atoms with Crippen LogP contribution in [0.2, 0.25) is 0 Å². The largest absolute Gasteiger partial charge is 0.368 e. The summed E-state index contributed by atoms with van der Waals surface area (Å²) in [6.45, 7) is 5.23. The van der Waals surface area contributed by atoms with Crippen LogP contribution in [-0.4, -0.2) is 69.2 Å². The standard InChI is InChI=1S/C20H27N5O/c1-23(2)11-10-22-20(26)19-16-18(8-9-21-19)25-14-12-24(13-15-25)17-6-4-3-5-7-17/h3-9,16H,10-15H2,1-2H3,(H,22,26). The lowest BCUT2D eigenvalue weighted by Gasteiger charge is -2.37. The molecule has 1 fully saturated rings. The number of carbonyl (C=O) groups is 1. The van der Waals surface area contributed by atoms with Gasteiger partial charge in [0.15, 0.2) is 0 Å². The van der Waals surface area contributed by atoms with Gasteiger partial charge in [-0.3, -0.25) is 9.78 Å². The van der Waals surface area contributed by atoms with Crippen molar-refractivity contribution in [2.24, 2.45) is 0 Å². The third kappa shape index (κ3) is 4.73. The van der Waals surface area contributed by atoms with E-state index in [2.05, 4.69) is 44.4 Å². The Balaban J connectivity index is 1.58. The number of piperazine rings is 1. The molecule has 6 heteroatoms. The van der Waals surface area contributed by atoms with Gasteiger partial charge in [-0.1, -0.05) is 18.2 Å². The van der Waals surface area contributed by atoms with Crippen LogP contribution in [0, 0.1) is 0 Å². The summed E-state index contributed by atoms with van der Waals surface area (Å²) >= 11 is 0. The van der Waals surface area contributed by atoms with Crippen LogP contribution in [0.15, 0.2) is 48.7 Å². The molecule has 2 heterocycles. The first-order valence-electron chi connectivity index (χ1n) is 9.07. The van der Waals surface area contributed by atoms with Crippen LogP contribution < -0.4 is 15.1 Å². The van der Waals surface area contributed by atoms with E-state index in [-0.39, 0.29) is 5.91 Å². The fraction of sp³-hybridized carbons (Fsp3) is 0.400. The molecule has 1 amide bonds. The number of para-hydroxylation sites is 1. The summed E-state index contributed by atoms with van der Waals surface area (Å²) in [6, 6.07) is 14.4.